The number of aliphatic hydroxyl groups excluding tert-OH is 1. The number of aliphatic hydroxyl groups is 1. The van der Waals surface area contributed by atoms with E-state index in [2.05, 4.69) is 72.4 Å². The molecule has 2 aromatic carbocycles. The molecule has 1 aliphatic heterocycles. The van der Waals surface area contributed by atoms with Crippen LogP contribution >= 0.6 is 0 Å². The van der Waals surface area contributed by atoms with Gasteiger partial charge in [-0.25, -0.2) is 0 Å². The molecule has 0 bridgehead atoms. The number of likely N-dealkylation sites (N-methyl/N-ethyl adjacent to an activating group) is 1. The summed E-state index contributed by atoms with van der Waals surface area (Å²) in [6, 6.07) is 19.8. The summed E-state index contributed by atoms with van der Waals surface area (Å²) < 4.78 is 0. The van der Waals surface area contributed by atoms with Crippen molar-refractivity contribution in [3.05, 3.63) is 71.3 Å². The van der Waals surface area contributed by atoms with Crippen molar-refractivity contribution in [2.45, 2.75) is 36.9 Å². The second-order valence-electron chi connectivity index (χ2n) is 7.78. The van der Waals surface area contributed by atoms with Gasteiger partial charge in [0.25, 0.3) is 0 Å². The van der Waals surface area contributed by atoms with E-state index in [1.807, 2.05) is 6.07 Å². The largest absolute Gasteiger partial charge is 0.389 e. The summed E-state index contributed by atoms with van der Waals surface area (Å²) in [5, 5.41) is 11.2. The van der Waals surface area contributed by atoms with Crippen LogP contribution in [0.3, 0.4) is 0 Å². The van der Waals surface area contributed by atoms with Gasteiger partial charge in [-0.3, -0.25) is 9.80 Å². The number of rotatable bonds is 3. The summed E-state index contributed by atoms with van der Waals surface area (Å²) in [6.45, 7) is 1.77. The highest BCUT2D eigenvalue weighted by molar-refractivity contribution is 5.34. The quantitative estimate of drug-likeness (QED) is 0.933. The highest BCUT2D eigenvalue weighted by Gasteiger charge is 2.46. The average molecular weight is 336 g/mol. The van der Waals surface area contributed by atoms with E-state index in [1.165, 1.54) is 16.7 Å². The van der Waals surface area contributed by atoms with Crippen LogP contribution in [0.5, 0.6) is 0 Å². The van der Waals surface area contributed by atoms with Crippen LogP contribution in [0.2, 0.25) is 0 Å². The van der Waals surface area contributed by atoms with Crippen LogP contribution in [0.15, 0.2) is 54.6 Å². The first-order valence-corrected chi connectivity index (χ1v) is 9.33. The van der Waals surface area contributed by atoms with Crippen molar-refractivity contribution in [3.8, 4) is 0 Å². The van der Waals surface area contributed by atoms with E-state index in [9.17, 15) is 5.11 Å². The summed E-state index contributed by atoms with van der Waals surface area (Å²) in [4.78, 5) is 4.73. The molecule has 0 aromatic heterocycles. The maximum atomic E-state index is 11.2. The molecule has 0 saturated carbocycles. The summed E-state index contributed by atoms with van der Waals surface area (Å²) in [6.07, 6.45) is 2.80. The Kier molecular flexibility index (Phi) is 4.40. The summed E-state index contributed by atoms with van der Waals surface area (Å²) in [5.41, 5.74) is 3.90. The van der Waals surface area contributed by atoms with Crippen molar-refractivity contribution in [2.24, 2.45) is 0 Å². The van der Waals surface area contributed by atoms with Gasteiger partial charge in [-0.05, 0) is 50.0 Å². The number of β-amino-alcohol motifs (C(OH)–C–C–N with tert-alkyl or cyclic N) is 1. The van der Waals surface area contributed by atoms with Gasteiger partial charge in [-0.15, -0.1) is 0 Å². The lowest BCUT2D eigenvalue weighted by Gasteiger charge is -2.51. The first-order chi connectivity index (χ1) is 12.1. The molecule has 3 heteroatoms. The molecule has 2 aromatic rings. The van der Waals surface area contributed by atoms with E-state index in [0.717, 1.165) is 32.4 Å². The average Bonchev–Trinajstić information content (AvgIpc) is 3.06. The number of fused-ring (bicyclic) bond motifs is 1. The summed E-state index contributed by atoms with van der Waals surface area (Å²) in [7, 11) is 4.19. The fourth-order valence-corrected chi connectivity index (χ4v) is 4.91. The van der Waals surface area contributed by atoms with Crippen molar-refractivity contribution >= 4 is 0 Å². The number of hydrogen-bond acceptors (Lipinski definition) is 3. The molecule has 132 valence electrons. The second-order valence-corrected chi connectivity index (χ2v) is 7.78. The molecule has 1 saturated heterocycles. The molecule has 0 radical (unpaired) electrons. The Labute approximate surface area is 150 Å². The van der Waals surface area contributed by atoms with E-state index in [4.69, 9.17) is 0 Å². The lowest BCUT2D eigenvalue weighted by Crippen LogP contribution is -2.61. The molecular formula is C22H28N2O. The van der Waals surface area contributed by atoms with E-state index in [-0.39, 0.29) is 11.6 Å². The highest BCUT2D eigenvalue weighted by Crippen LogP contribution is 2.39. The van der Waals surface area contributed by atoms with Gasteiger partial charge < -0.3 is 5.11 Å². The molecule has 0 amide bonds. The van der Waals surface area contributed by atoms with Gasteiger partial charge in [-0.2, -0.15) is 0 Å². The molecule has 25 heavy (non-hydrogen) atoms. The van der Waals surface area contributed by atoms with Crippen LogP contribution < -0.4 is 0 Å². The van der Waals surface area contributed by atoms with Crippen LogP contribution in [0.4, 0.5) is 0 Å². The second kappa shape index (κ2) is 6.56. The molecule has 0 spiro atoms. The van der Waals surface area contributed by atoms with Gasteiger partial charge in [0.05, 0.1) is 11.6 Å². The zero-order valence-corrected chi connectivity index (χ0v) is 15.2. The Bertz CT molecular complexity index is 705. The third-order valence-corrected chi connectivity index (χ3v) is 6.36. The van der Waals surface area contributed by atoms with Gasteiger partial charge in [0, 0.05) is 19.1 Å². The minimum absolute atomic E-state index is 0.288. The topological polar surface area (TPSA) is 26.7 Å². The normalized spacial score (nSPS) is 27.6. The van der Waals surface area contributed by atoms with Gasteiger partial charge in [-0.1, -0.05) is 54.6 Å². The van der Waals surface area contributed by atoms with E-state index in [0.29, 0.717) is 6.04 Å². The minimum Gasteiger partial charge on any atom is -0.389 e. The smallest absolute Gasteiger partial charge is 0.0892 e. The Balaban J connectivity index is 1.54. The van der Waals surface area contributed by atoms with Crippen LogP contribution in [0.25, 0.3) is 0 Å². The van der Waals surface area contributed by atoms with E-state index < -0.39 is 0 Å². The summed E-state index contributed by atoms with van der Waals surface area (Å²) >= 11 is 0. The third-order valence-electron chi connectivity index (χ3n) is 6.36. The molecule has 1 fully saturated rings. The van der Waals surface area contributed by atoms with Crippen molar-refractivity contribution in [2.75, 3.05) is 27.2 Å². The maximum Gasteiger partial charge on any atom is 0.0892 e. The maximum absolute atomic E-state index is 11.2. The first kappa shape index (κ1) is 16.8. The van der Waals surface area contributed by atoms with Gasteiger partial charge >= 0.3 is 0 Å². The SMILES string of the molecule is CN(C)[C@]1(c2ccccc2)CCN(C2Cc3ccccc3C2)C[C@H]1O. The van der Waals surface area contributed by atoms with Crippen molar-refractivity contribution in [1.82, 2.24) is 9.80 Å². The van der Waals surface area contributed by atoms with Crippen molar-refractivity contribution in [3.63, 3.8) is 0 Å². The molecule has 1 aliphatic carbocycles. The number of benzene rings is 2. The zero-order chi connectivity index (χ0) is 17.4. The van der Waals surface area contributed by atoms with E-state index >= 15 is 0 Å². The fraction of sp³-hybridized carbons (Fsp3) is 0.455. The Morgan fingerprint density at radius 3 is 2.12 bits per heavy atom. The molecule has 2 atom stereocenters. The van der Waals surface area contributed by atoms with E-state index in [1.54, 1.807) is 0 Å². The van der Waals surface area contributed by atoms with Crippen LogP contribution in [-0.4, -0.2) is 54.2 Å². The van der Waals surface area contributed by atoms with Gasteiger partial charge in [0.15, 0.2) is 0 Å². The van der Waals surface area contributed by atoms with Gasteiger partial charge in [0.1, 0.15) is 0 Å². The van der Waals surface area contributed by atoms with Gasteiger partial charge in [0.2, 0.25) is 0 Å². The summed E-state index contributed by atoms with van der Waals surface area (Å²) in [5.74, 6) is 0. The number of likely N-dealkylation sites (tertiary alicyclic amines) is 1. The predicted octanol–water partition coefficient (Wildman–Crippen LogP) is 2.68. The lowest BCUT2D eigenvalue weighted by atomic mass is 9.77. The number of nitrogens with zero attached hydrogens (tertiary/aromatic N) is 2. The standard InChI is InChI=1S/C22H28N2O/c1-23(2)22(19-10-4-3-5-11-19)12-13-24(16-21(22)25)20-14-17-8-6-7-9-18(17)15-20/h3-11,20-21,25H,12-16H2,1-2H3/t21-,22+/m1/s1. The van der Waals surface area contributed by atoms with Crippen molar-refractivity contribution < 1.29 is 5.11 Å². The van der Waals surface area contributed by atoms with Crippen LogP contribution in [0, 0.1) is 0 Å². The van der Waals surface area contributed by atoms with Crippen LogP contribution in [-0.2, 0) is 18.4 Å². The van der Waals surface area contributed by atoms with Crippen molar-refractivity contribution in [1.29, 1.82) is 0 Å². The first-order valence-electron chi connectivity index (χ1n) is 9.33. The highest BCUT2D eigenvalue weighted by atomic mass is 16.3. The monoisotopic (exact) mass is 336 g/mol. The molecule has 1 N–H and O–H groups in total. The molecule has 1 heterocycles. The zero-order valence-electron chi connectivity index (χ0n) is 15.2. The minimum atomic E-state index is -0.387. The molecule has 3 nitrogen and oxygen atoms in total. The third kappa shape index (κ3) is 2.80. The van der Waals surface area contributed by atoms with Crippen LogP contribution in [0.1, 0.15) is 23.1 Å². The number of piperidine rings is 1. The lowest BCUT2D eigenvalue weighted by molar-refractivity contribution is -0.0770. The molecule has 0 unspecified atom stereocenters. The Hall–Kier alpha value is -1.68. The molecule has 2 aliphatic rings. The molecule has 4 rings (SSSR count). The number of hydrogen-bond donors (Lipinski definition) is 1. The molecular weight excluding hydrogens is 308 g/mol. The Morgan fingerprint density at radius 2 is 1.56 bits per heavy atom. The Morgan fingerprint density at radius 1 is 0.960 bits per heavy atom. The predicted molar refractivity (Wildman–Crippen MR) is 102 cm³/mol. The fourth-order valence-electron chi connectivity index (χ4n) is 4.91.